The van der Waals surface area contributed by atoms with E-state index in [-0.39, 0.29) is 5.56 Å². The maximum absolute atomic E-state index is 11.0. The fourth-order valence-corrected chi connectivity index (χ4v) is 3.24. The van der Waals surface area contributed by atoms with Gasteiger partial charge in [-0.15, -0.1) is 0 Å². The Balaban J connectivity index is 1.48. The van der Waals surface area contributed by atoms with E-state index < -0.39 is 5.97 Å². The van der Waals surface area contributed by atoms with Crippen molar-refractivity contribution in [3.63, 3.8) is 0 Å². The number of rotatable bonds is 6. The first-order valence-corrected chi connectivity index (χ1v) is 9.04. The molecule has 0 unspecified atom stereocenters. The van der Waals surface area contributed by atoms with Crippen molar-refractivity contribution in [3.05, 3.63) is 78.2 Å². The van der Waals surface area contributed by atoms with E-state index >= 15 is 0 Å². The number of nitriles is 1. The van der Waals surface area contributed by atoms with Gasteiger partial charge < -0.3 is 15.0 Å². The molecule has 142 valence electrons. The third-order valence-electron chi connectivity index (χ3n) is 4.66. The predicted molar refractivity (Wildman–Crippen MR) is 110 cm³/mol. The molecular formula is C22H17N5O2. The molecular weight excluding hydrogens is 366 g/mol. The Labute approximate surface area is 166 Å². The van der Waals surface area contributed by atoms with Crippen LogP contribution < -0.4 is 5.32 Å². The van der Waals surface area contributed by atoms with Crippen LogP contribution >= 0.6 is 0 Å². The first-order chi connectivity index (χ1) is 14.2. The average molecular weight is 383 g/mol. The van der Waals surface area contributed by atoms with Crippen molar-refractivity contribution in [2.75, 3.05) is 11.9 Å². The molecule has 0 aliphatic heterocycles. The molecule has 0 aliphatic rings. The fraction of sp³-hybridized carbons (Fsp3) is 0.0909. The second kappa shape index (κ2) is 7.82. The number of aromatic nitrogens is 3. The summed E-state index contributed by atoms with van der Waals surface area (Å²) in [5, 5.41) is 22.7. The van der Waals surface area contributed by atoms with Crippen LogP contribution in [0.3, 0.4) is 0 Å². The molecule has 0 spiro atoms. The number of aromatic carboxylic acids is 1. The van der Waals surface area contributed by atoms with Crippen LogP contribution in [0.4, 0.5) is 5.82 Å². The highest BCUT2D eigenvalue weighted by atomic mass is 16.4. The number of hydrogen-bond acceptors (Lipinski definition) is 5. The van der Waals surface area contributed by atoms with Crippen molar-refractivity contribution >= 4 is 22.7 Å². The van der Waals surface area contributed by atoms with Gasteiger partial charge >= 0.3 is 5.97 Å². The molecule has 0 saturated heterocycles. The van der Waals surface area contributed by atoms with E-state index in [2.05, 4.69) is 21.4 Å². The molecule has 29 heavy (non-hydrogen) atoms. The molecule has 0 bridgehead atoms. The predicted octanol–water partition coefficient (Wildman–Crippen LogP) is 3.78. The summed E-state index contributed by atoms with van der Waals surface area (Å²) in [6, 6.07) is 20.4. The van der Waals surface area contributed by atoms with Gasteiger partial charge in [0.25, 0.3) is 0 Å². The number of benzene rings is 2. The van der Waals surface area contributed by atoms with Crippen LogP contribution in [0.2, 0.25) is 0 Å². The number of carboxylic acids is 1. The minimum Gasteiger partial charge on any atom is -0.478 e. The Hall–Kier alpha value is -4.18. The van der Waals surface area contributed by atoms with Crippen molar-refractivity contribution in [1.82, 2.24) is 14.5 Å². The van der Waals surface area contributed by atoms with Crippen molar-refractivity contribution in [3.8, 4) is 17.3 Å². The number of nitrogens with one attached hydrogen (secondary N) is 1. The summed E-state index contributed by atoms with van der Waals surface area (Å²) >= 11 is 0. The second-order valence-electron chi connectivity index (χ2n) is 6.45. The molecule has 2 N–H and O–H groups in total. The lowest BCUT2D eigenvalue weighted by atomic mass is 10.1. The van der Waals surface area contributed by atoms with Crippen LogP contribution in [0.25, 0.3) is 22.2 Å². The molecule has 2 aromatic heterocycles. The summed E-state index contributed by atoms with van der Waals surface area (Å²) in [5.41, 5.74) is 3.38. The maximum atomic E-state index is 11.0. The van der Waals surface area contributed by atoms with Gasteiger partial charge in [-0.1, -0.05) is 30.3 Å². The third kappa shape index (κ3) is 3.77. The Morgan fingerprint density at radius 3 is 2.66 bits per heavy atom. The van der Waals surface area contributed by atoms with Crippen LogP contribution in [0, 0.1) is 11.3 Å². The summed E-state index contributed by atoms with van der Waals surface area (Å²) in [6.07, 6.45) is 1.47. The van der Waals surface area contributed by atoms with E-state index in [4.69, 9.17) is 5.11 Å². The molecule has 0 radical (unpaired) electrons. The average Bonchev–Trinajstić information content (AvgIpc) is 3.12. The van der Waals surface area contributed by atoms with Crippen molar-refractivity contribution in [2.24, 2.45) is 0 Å². The summed E-state index contributed by atoms with van der Waals surface area (Å²) in [6.45, 7) is 1.20. The van der Waals surface area contributed by atoms with Gasteiger partial charge in [0.1, 0.15) is 23.9 Å². The molecule has 4 aromatic rings. The van der Waals surface area contributed by atoms with E-state index in [1.165, 1.54) is 6.33 Å². The molecule has 2 heterocycles. The zero-order chi connectivity index (χ0) is 20.2. The highest BCUT2D eigenvalue weighted by molar-refractivity contribution is 5.88. The largest absolute Gasteiger partial charge is 0.478 e. The lowest BCUT2D eigenvalue weighted by molar-refractivity contribution is 0.0697. The smallest absolute Gasteiger partial charge is 0.335 e. The van der Waals surface area contributed by atoms with Gasteiger partial charge in [-0.05, 0) is 24.3 Å². The van der Waals surface area contributed by atoms with Crippen molar-refractivity contribution in [2.45, 2.75) is 6.54 Å². The number of carboxylic acid groups (broad SMARTS) is 1. The van der Waals surface area contributed by atoms with E-state index in [0.717, 1.165) is 16.5 Å². The van der Waals surface area contributed by atoms with Gasteiger partial charge in [0.15, 0.2) is 0 Å². The third-order valence-corrected chi connectivity index (χ3v) is 4.66. The number of hydrogen-bond donors (Lipinski definition) is 2. The highest BCUT2D eigenvalue weighted by Crippen LogP contribution is 2.21. The summed E-state index contributed by atoms with van der Waals surface area (Å²) in [5.74, 6) is -0.303. The normalized spacial score (nSPS) is 10.6. The van der Waals surface area contributed by atoms with Crippen LogP contribution in [0.5, 0.6) is 0 Å². The van der Waals surface area contributed by atoms with Crippen molar-refractivity contribution in [1.29, 1.82) is 5.26 Å². The van der Waals surface area contributed by atoms with E-state index in [1.54, 1.807) is 24.3 Å². The van der Waals surface area contributed by atoms with Gasteiger partial charge in [0.05, 0.1) is 11.3 Å². The number of nitrogens with zero attached hydrogens (tertiary/aromatic N) is 4. The first-order valence-electron chi connectivity index (χ1n) is 9.04. The summed E-state index contributed by atoms with van der Waals surface area (Å²) in [4.78, 5) is 19.5. The standard InChI is InChI=1S/C22H17N5O2/c23-13-18-11-17-3-1-2-4-20(17)27(18)10-9-24-21-12-19(25-14-26-21)15-5-7-16(8-6-15)22(28)29/h1-8,11-12,14H,9-10H2,(H,28,29)(H,24,25,26). The number of anilines is 1. The fourth-order valence-electron chi connectivity index (χ4n) is 3.24. The Morgan fingerprint density at radius 2 is 1.90 bits per heavy atom. The molecule has 0 atom stereocenters. The van der Waals surface area contributed by atoms with Crippen LogP contribution in [0.1, 0.15) is 16.1 Å². The van der Waals surface area contributed by atoms with E-state index in [0.29, 0.717) is 30.3 Å². The monoisotopic (exact) mass is 383 g/mol. The Bertz CT molecular complexity index is 1220. The number of fused-ring (bicyclic) bond motifs is 1. The SMILES string of the molecule is N#Cc1cc2ccccc2n1CCNc1cc(-c2ccc(C(=O)O)cc2)ncn1. The van der Waals surface area contributed by atoms with Gasteiger partial charge in [0.2, 0.25) is 0 Å². The Morgan fingerprint density at radius 1 is 1.10 bits per heavy atom. The maximum Gasteiger partial charge on any atom is 0.335 e. The Kier molecular flexibility index (Phi) is 4.91. The molecule has 0 aliphatic carbocycles. The van der Waals surface area contributed by atoms with E-state index in [1.807, 2.05) is 41.0 Å². The summed E-state index contributed by atoms with van der Waals surface area (Å²) < 4.78 is 1.98. The van der Waals surface area contributed by atoms with E-state index in [9.17, 15) is 10.1 Å². The molecule has 7 nitrogen and oxygen atoms in total. The zero-order valence-corrected chi connectivity index (χ0v) is 15.4. The molecule has 0 amide bonds. The number of para-hydroxylation sites is 1. The molecule has 2 aromatic carbocycles. The molecule has 0 fully saturated rings. The summed E-state index contributed by atoms with van der Waals surface area (Å²) in [7, 11) is 0. The zero-order valence-electron chi connectivity index (χ0n) is 15.4. The van der Waals surface area contributed by atoms with Gasteiger partial charge in [-0.2, -0.15) is 5.26 Å². The van der Waals surface area contributed by atoms with Crippen LogP contribution in [-0.4, -0.2) is 32.2 Å². The quantitative estimate of drug-likeness (QED) is 0.525. The highest BCUT2D eigenvalue weighted by Gasteiger charge is 2.08. The lowest BCUT2D eigenvalue weighted by Crippen LogP contribution is -2.12. The minimum absolute atomic E-state index is 0.230. The van der Waals surface area contributed by atoms with Gasteiger partial charge in [0, 0.05) is 35.6 Å². The first kappa shape index (κ1) is 18.2. The molecule has 7 heteroatoms. The van der Waals surface area contributed by atoms with Gasteiger partial charge in [-0.3, -0.25) is 0 Å². The topological polar surface area (TPSA) is 104 Å². The molecule has 0 saturated carbocycles. The molecule has 4 rings (SSSR count). The minimum atomic E-state index is -0.962. The van der Waals surface area contributed by atoms with Gasteiger partial charge in [-0.25, -0.2) is 14.8 Å². The lowest BCUT2D eigenvalue weighted by Gasteiger charge is -2.10. The number of carbonyl (C=O) groups is 1. The van der Waals surface area contributed by atoms with Crippen LogP contribution in [-0.2, 0) is 6.54 Å². The van der Waals surface area contributed by atoms with Crippen LogP contribution in [0.15, 0.2) is 67.0 Å². The van der Waals surface area contributed by atoms with Crippen molar-refractivity contribution < 1.29 is 9.90 Å². The second-order valence-corrected chi connectivity index (χ2v) is 6.45.